The molecule has 0 spiro atoms. The van der Waals surface area contributed by atoms with Crippen LogP contribution in [-0.4, -0.2) is 15.2 Å². The third kappa shape index (κ3) is 1.86. The van der Waals surface area contributed by atoms with Crippen molar-refractivity contribution in [2.24, 2.45) is 0 Å². The summed E-state index contributed by atoms with van der Waals surface area (Å²) in [6.07, 6.45) is 1.63. The second kappa shape index (κ2) is 3.89. The number of hydrogen-bond donors (Lipinski definition) is 1. The van der Waals surface area contributed by atoms with E-state index in [-0.39, 0.29) is 5.95 Å². The Balaban J connectivity index is 2.60. The predicted molar refractivity (Wildman–Crippen MR) is 63.9 cm³/mol. The molecule has 82 valence electrons. The van der Waals surface area contributed by atoms with Crippen LogP contribution in [0.2, 0.25) is 0 Å². The molecule has 0 aliphatic carbocycles. The zero-order valence-corrected chi connectivity index (χ0v) is 9.65. The lowest BCUT2D eigenvalue weighted by molar-refractivity contribution is 0.989. The summed E-state index contributed by atoms with van der Waals surface area (Å²) in [5.41, 5.74) is 11.0. The maximum atomic E-state index is 5.53. The topological polar surface area (TPSA) is 64.7 Å². The van der Waals surface area contributed by atoms with Gasteiger partial charge in [0.25, 0.3) is 0 Å². The molecule has 1 heterocycles. The Kier molecular flexibility index (Phi) is 2.56. The molecule has 4 nitrogen and oxygen atoms in total. The third-order valence-corrected chi connectivity index (χ3v) is 2.69. The van der Waals surface area contributed by atoms with Crippen molar-refractivity contribution < 1.29 is 0 Å². The highest BCUT2D eigenvalue weighted by atomic mass is 15.2. The maximum absolute atomic E-state index is 5.53. The number of anilines is 1. The molecule has 2 N–H and O–H groups in total. The number of rotatable bonds is 1. The van der Waals surface area contributed by atoms with E-state index in [0.29, 0.717) is 0 Å². The summed E-state index contributed by atoms with van der Waals surface area (Å²) in [5, 5.41) is 7.47. The molecular weight excluding hydrogens is 200 g/mol. The van der Waals surface area contributed by atoms with Crippen LogP contribution >= 0.6 is 0 Å². The van der Waals surface area contributed by atoms with Crippen molar-refractivity contribution >= 4 is 5.95 Å². The number of nitrogens with two attached hydrogens (primary N) is 1. The van der Waals surface area contributed by atoms with Crippen molar-refractivity contribution in [3.8, 4) is 11.3 Å². The fourth-order valence-electron chi connectivity index (χ4n) is 1.68. The monoisotopic (exact) mass is 214 g/mol. The SMILES string of the molecule is Cc1cc(C)c(-c2cnnc(N)n2)cc1C. The fourth-order valence-corrected chi connectivity index (χ4v) is 1.68. The van der Waals surface area contributed by atoms with Crippen molar-refractivity contribution in [2.45, 2.75) is 20.8 Å². The predicted octanol–water partition coefficient (Wildman–Crippen LogP) is 2.05. The van der Waals surface area contributed by atoms with E-state index in [1.54, 1.807) is 6.20 Å². The fraction of sp³-hybridized carbons (Fsp3) is 0.250. The second-order valence-corrected chi connectivity index (χ2v) is 3.95. The van der Waals surface area contributed by atoms with Gasteiger partial charge in [0.1, 0.15) is 0 Å². The molecule has 4 heteroatoms. The van der Waals surface area contributed by atoms with Crippen LogP contribution in [0.25, 0.3) is 11.3 Å². The van der Waals surface area contributed by atoms with Gasteiger partial charge in [0.05, 0.1) is 11.9 Å². The molecule has 0 fully saturated rings. The van der Waals surface area contributed by atoms with Gasteiger partial charge in [0.2, 0.25) is 5.95 Å². The van der Waals surface area contributed by atoms with E-state index in [1.165, 1.54) is 16.7 Å². The molecule has 0 bridgehead atoms. The molecule has 1 aromatic carbocycles. The summed E-state index contributed by atoms with van der Waals surface area (Å²) >= 11 is 0. The van der Waals surface area contributed by atoms with Crippen molar-refractivity contribution in [2.75, 3.05) is 5.73 Å². The summed E-state index contributed by atoms with van der Waals surface area (Å²) < 4.78 is 0. The zero-order valence-electron chi connectivity index (χ0n) is 9.65. The Morgan fingerprint density at radius 1 is 1.00 bits per heavy atom. The first kappa shape index (κ1) is 10.5. The first-order valence-electron chi connectivity index (χ1n) is 5.11. The number of aryl methyl sites for hydroxylation is 3. The van der Waals surface area contributed by atoms with E-state index in [9.17, 15) is 0 Å². The second-order valence-electron chi connectivity index (χ2n) is 3.95. The van der Waals surface area contributed by atoms with Gasteiger partial charge in [0.15, 0.2) is 0 Å². The molecule has 0 unspecified atom stereocenters. The maximum Gasteiger partial charge on any atom is 0.240 e. The number of nitrogen functional groups attached to an aromatic ring is 1. The minimum atomic E-state index is 0.204. The Hall–Kier alpha value is -1.97. The highest BCUT2D eigenvalue weighted by molar-refractivity contribution is 5.65. The summed E-state index contributed by atoms with van der Waals surface area (Å²) in [6, 6.07) is 4.25. The van der Waals surface area contributed by atoms with E-state index < -0.39 is 0 Å². The first-order chi connectivity index (χ1) is 7.58. The number of hydrogen-bond acceptors (Lipinski definition) is 4. The molecule has 0 radical (unpaired) electrons. The lowest BCUT2D eigenvalue weighted by Gasteiger charge is -2.08. The number of nitrogens with zero attached hydrogens (tertiary/aromatic N) is 3. The highest BCUT2D eigenvalue weighted by Crippen LogP contribution is 2.24. The molecule has 16 heavy (non-hydrogen) atoms. The normalized spacial score (nSPS) is 10.4. The van der Waals surface area contributed by atoms with E-state index in [1.807, 2.05) is 0 Å². The Morgan fingerprint density at radius 3 is 2.38 bits per heavy atom. The summed E-state index contributed by atoms with van der Waals surface area (Å²) in [4.78, 5) is 4.18. The lowest BCUT2D eigenvalue weighted by Crippen LogP contribution is -1.99. The van der Waals surface area contributed by atoms with Crippen LogP contribution in [0.5, 0.6) is 0 Å². The number of aromatic nitrogens is 3. The van der Waals surface area contributed by atoms with Crippen LogP contribution < -0.4 is 5.73 Å². The summed E-state index contributed by atoms with van der Waals surface area (Å²) in [6.45, 7) is 6.23. The molecular formula is C12H14N4. The van der Waals surface area contributed by atoms with Crippen molar-refractivity contribution in [3.63, 3.8) is 0 Å². The Bertz CT molecular complexity index is 535. The average molecular weight is 214 g/mol. The molecule has 1 aromatic heterocycles. The van der Waals surface area contributed by atoms with Crippen LogP contribution in [0.4, 0.5) is 5.95 Å². The molecule has 0 aliphatic rings. The third-order valence-electron chi connectivity index (χ3n) is 2.69. The van der Waals surface area contributed by atoms with Gasteiger partial charge in [0, 0.05) is 5.56 Å². The quantitative estimate of drug-likeness (QED) is 0.789. The average Bonchev–Trinajstić information content (AvgIpc) is 2.23. The van der Waals surface area contributed by atoms with Gasteiger partial charge in [-0.05, 0) is 43.5 Å². The first-order valence-corrected chi connectivity index (χ1v) is 5.11. The molecule has 2 rings (SSSR count). The van der Waals surface area contributed by atoms with Gasteiger partial charge in [-0.15, -0.1) is 5.10 Å². The minimum absolute atomic E-state index is 0.204. The Labute approximate surface area is 94.6 Å². The van der Waals surface area contributed by atoms with Crippen molar-refractivity contribution in [1.82, 2.24) is 15.2 Å². The minimum Gasteiger partial charge on any atom is -0.366 e. The van der Waals surface area contributed by atoms with Crippen LogP contribution in [0.1, 0.15) is 16.7 Å². The van der Waals surface area contributed by atoms with E-state index in [2.05, 4.69) is 48.1 Å². The standard InChI is InChI=1S/C12H14N4/c1-7-4-9(3)10(5-8(7)2)11-6-14-16-12(13)15-11/h4-6H,1-3H3,(H2,13,15,16). The van der Waals surface area contributed by atoms with Crippen LogP contribution in [0, 0.1) is 20.8 Å². The van der Waals surface area contributed by atoms with Gasteiger partial charge < -0.3 is 5.73 Å². The van der Waals surface area contributed by atoms with Gasteiger partial charge in [-0.3, -0.25) is 0 Å². The molecule has 0 amide bonds. The van der Waals surface area contributed by atoms with Crippen LogP contribution in [0.3, 0.4) is 0 Å². The molecule has 0 aliphatic heterocycles. The Morgan fingerprint density at radius 2 is 1.69 bits per heavy atom. The van der Waals surface area contributed by atoms with Gasteiger partial charge in [-0.2, -0.15) is 5.10 Å². The van der Waals surface area contributed by atoms with Gasteiger partial charge in [-0.1, -0.05) is 6.07 Å². The zero-order chi connectivity index (χ0) is 11.7. The van der Waals surface area contributed by atoms with Crippen LogP contribution in [-0.2, 0) is 0 Å². The smallest absolute Gasteiger partial charge is 0.240 e. The number of benzene rings is 1. The molecule has 2 aromatic rings. The summed E-state index contributed by atoms with van der Waals surface area (Å²) in [7, 11) is 0. The molecule has 0 saturated heterocycles. The van der Waals surface area contributed by atoms with Gasteiger partial charge in [-0.25, -0.2) is 4.98 Å². The molecule has 0 atom stereocenters. The van der Waals surface area contributed by atoms with Gasteiger partial charge >= 0.3 is 0 Å². The van der Waals surface area contributed by atoms with E-state index in [4.69, 9.17) is 5.73 Å². The molecule has 0 saturated carbocycles. The van der Waals surface area contributed by atoms with Crippen molar-refractivity contribution in [3.05, 3.63) is 35.0 Å². The lowest BCUT2D eigenvalue weighted by atomic mass is 9.99. The van der Waals surface area contributed by atoms with Crippen LogP contribution in [0.15, 0.2) is 18.3 Å². The van der Waals surface area contributed by atoms with E-state index in [0.717, 1.165) is 11.3 Å². The largest absolute Gasteiger partial charge is 0.366 e. The van der Waals surface area contributed by atoms with E-state index >= 15 is 0 Å². The summed E-state index contributed by atoms with van der Waals surface area (Å²) in [5.74, 6) is 0.204. The van der Waals surface area contributed by atoms with Crippen molar-refractivity contribution in [1.29, 1.82) is 0 Å². The highest BCUT2D eigenvalue weighted by Gasteiger charge is 2.06.